The molecule has 0 fully saturated rings. The fourth-order valence-corrected chi connectivity index (χ4v) is 2.55. The maximum Gasteiger partial charge on any atom is 0.186 e. The maximum atomic E-state index is 5.88. The van der Waals surface area contributed by atoms with E-state index in [-0.39, 0.29) is 5.54 Å². The van der Waals surface area contributed by atoms with Gasteiger partial charge in [0.05, 0.1) is 11.6 Å². The molecule has 2 nitrogen and oxygen atoms in total. The van der Waals surface area contributed by atoms with Crippen molar-refractivity contribution in [3.8, 4) is 0 Å². The van der Waals surface area contributed by atoms with Crippen molar-refractivity contribution in [1.29, 1.82) is 0 Å². The minimum Gasteiger partial charge on any atom is -0.478 e. The summed E-state index contributed by atoms with van der Waals surface area (Å²) in [6.07, 6.45) is 2.43. The molecule has 0 N–H and O–H groups in total. The van der Waals surface area contributed by atoms with E-state index in [4.69, 9.17) is 9.73 Å². The highest BCUT2D eigenvalue weighted by Gasteiger charge is 2.31. The van der Waals surface area contributed by atoms with E-state index in [2.05, 4.69) is 48.5 Å². The molecule has 0 aromatic rings. The van der Waals surface area contributed by atoms with Crippen molar-refractivity contribution in [2.75, 3.05) is 0 Å². The van der Waals surface area contributed by atoms with Crippen LogP contribution < -0.4 is 0 Å². The van der Waals surface area contributed by atoms with Gasteiger partial charge in [-0.05, 0) is 32.6 Å². The third-order valence-corrected chi connectivity index (χ3v) is 2.86. The number of hydrogen-bond acceptors (Lipinski definition) is 2. The lowest BCUT2D eigenvalue weighted by Gasteiger charge is -2.35. The molecule has 0 radical (unpaired) electrons. The lowest BCUT2D eigenvalue weighted by atomic mass is 9.84. The van der Waals surface area contributed by atoms with Crippen LogP contribution in [0.15, 0.2) is 4.99 Å². The predicted molar refractivity (Wildman–Crippen MR) is 69.9 cm³/mol. The van der Waals surface area contributed by atoms with Gasteiger partial charge in [-0.15, -0.1) is 0 Å². The monoisotopic (exact) mass is 225 g/mol. The molecule has 0 unspecified atom stereocenters. The van der Waals surface area contributed by atoms with Crippen LogP contribution in [0, 0.1) is 11.3 Å². The molecule has 94 valence electrons. The lowest BCUT2D eigenvalue weighted by Crippen LogP contribution is -2.37. The molecule has 1 aliphatic rings. The molecular formula is C14H27NO. The van der Waals surface area contributed by atoms with E-state index < -0.39 is 0 Å². The van der Waals surface area contributed by atoms with Crippen LogP contribution >= 0.6 is 0 Å². The fraction of sp³-hybridized carbons (Fsp3) is 0.929. The summed E-state index contributed by atoms with van der Waals surface area (Å²) < 4.78 is 5.88. The number of ether oxygens (including phenoxy) is 1. The Hall–Kier alpha value is -0.530. The normalized spacial score (nSPS) is 26.9. The SMILES string of the molecule is C[C@@H]1CC(C)(C)N=C([C@@H](C)CC(C)(C)C)O1. The van der Waals surface area contributed by atoms with Crippen molar-refractivity contribution < 1.29 is 4.74 Å². The molecule has 0 spiro atoms. The zero-order valence-electron chi connectivity index (χ0n) is 11.9. The van der Waals surface area contributed by atoms with Crippen LogP contribution in [-0.4, -0.2) is 17.5 Å². The van der Waals surface area contributed by atoms with Gasteiger partial charge < -0.3 is 4.74 Å². The Morgan fingerprint density at radius 1 is 1.44 bits per heavy atom. The molecule has 16 heavy (non-hydrogen) atoms. The van der Waals surface area contributed by atoms with Gasteiger partial charge in [0.25, 0.3) is 0 Å². The Balaban J connectivity index is 2.76. The van der Waals surface area contributed by atoms with Gasteiger partial charge in [-0.25, -0.2) is 4.99 Å². The van der Waals surface area contributed by atoms with Crippen LogP contribution in [0.4, 0.5) is 0 Å². The van der Waals surface area contributed by atoms with Crippen LogP contribution in [0.1, 0.15) is 61.3 Å². The van der Waals surface area contributed by atoms with Crippen molar-refractivity contribution in [1.82, 2.24) is 0 Å². The summed E-state index contributed by atoms with van der Waals surface area (Å²) in [7, 11) is 0. The summed E-state index contributed by atoms with van der Waals surface area (Å²) in [5, 5.41) is 0. The number of rotatable bonds is 2. The Morgan fingerprint density at radius 3 is 2.44 bits per heavy atom. The van der Waals surface area contributed by atoms with E-state index in [9.17, 15) is 0 Å². The first-order valence-corrected chi connectivity index (χ1v) is 6.35. The highest BCUT2D eigenvalue weighted by Crippen LogP contribution is 2.30. The van der Waals surface area contributed by atoms with Gasteiger partial charge >= 0.3 is 0 Å². The van der Waals surface area contributed by atoms with Gasteiger partial charge in [-0.3, -0.25) is 0 Å². The van der Waals surface area contributed by atoms with E-state index in [1.54, 1.807) is 0 Å². The van der Waals surface area contributed by atoms with Crippen molar-refractivity contribution in [3.05, 3.63) is 0 Å². The van der Waals surface area contributed by atoms with Crippen LogP contribution in [-0.2, 0) is 4.74 Å². The minimum atomic E-state index is 0.0408. The summed E-state index contributed by atoms with van der Waals surface area (Å²) in [5.74, 6) is 1.38. The standard InChI is InChI=1S/C14H27NO/c1-10(8-13(3,4)5)12-15-14(6,7)9-11(2)16-12/h10-11H,8-9H2,1-7H3/t10-,11+/m0/s1. The first-order chi connectivity index (χ1) is 7.09. The zero-order chi connectivity index (χ0) is 12.6. The van der Waals surface area contributed by atoms with Crippen molar-refractivity contribution in [2.45, 2.75) is 73.0 Å². The van der Waals surface area contributed by atoms with E-state index in [1.165, 1.54) is 0 Å². The fourth-order valence-electron chi connectivity index (χ4n) is 2.55. The van der Waals surface area contributed by atoms with Gasteiger partial charge in [0.1, 0.15) is 0 Å². The third-order valence-electron chi connectivity index (χ3n) is 2.86. The highest BCUT2D eigenvalue weighted by molar-refractivity contribution is 5.79. The Bertz CT molecular complexity index is 273. The van der Waals surface area contributed by atoms with E-state index in [0.29, 0.717) is 17.4 Å². The average Bonchev–Trinajstić information content (AvgIpc) is 1.96. The summed E-state index contributed by atoms with van der Waals surface area (Å²) in [6.45, 7) is 15.5. The largest absolute Gasteiger partial charge is 0.478 e. The summed E-state index contributed by atoms with van der Waals surface area (Å²) in [6, 6.07) is 0. The Morgan fingerprint density at radius 2 is 2.00 bits per heavy atom. The Labute approximate surface area is 100 Å². The first kappa shape index (κ1) is 13.5. The van der Waals surface area contributed by atoms with Gasteiger partial charge in [0.2, 0.25) is 0 Å². The number of nitrogens with zero attached hydrogens (tertiary/aromatic N) is 1. The van der Waals surface area contributed by atoms with Crippen LogP contribution in [0.2, 0.25) is 0 Å². The quantitative estimate of drug-likeness (QED) is 0.695. The molecule has 0 bridgehead atoms. The summed E-state index contributed by atoms with van der Waals surface area (Å²) >= 11 is 0. The molecule has 1 aliphatic heterocycles. The molecule has 2 heteroatoms. The summed E-state index contributed by atoms with van der Waals surface area (Å²) in [4.78, 5) is 4.74. The zero-order valence-corrected chi connectivity index (χ0v) is 11.9. The van der Waals surface area contributed by atoms with Crippen LogP contribution in [0.25, 0.3) is 0 Å². The lowest BCUT2D eigenvalue weighted by molar-refractivity contribution is 0.127. The van der Waals surface area contributed by atoms with Gasteiger partial charge in [0, 0.05) is 12.3 Å². The Kier molecular flexibility index (Phi) is 3.71. The molecule has 0 saturated heterocycles. The molecular weight excluding hydrogens is 198 g/mol. The second kappa shape index (κ2) is 4.38. The van der Waals surface area contributed by atoms with E-state index in [1.807, 2.05) is 0 Å². The molecule has 1 rings (SSSR count). The molecule has 0 aromatic heterocycles. The van der Waals surface area contributed by atoms with Gasteiger partial charge in [0.15, 0.2) is 5.90 Å². The number of hydrogen-bond donors (Lipinski definition) is 0. The second-order valence-electron chi connectivity index (χ2n) is 7.06. The second-order valence-corrected chi connectivity index (χ2v) is 7.06. The van der Waals surface area contributed by atoms with Gasteiger partial charge in [-0.2, -0.15) is 0 Å². The molecule has 0 aliphatic carbocycles. The van der Waals surface area contributed by atoms with E-state index in [0.717, 1.165) is 18.7 Å². The molecule has 1 heterocycles. The van der Waals surface area contributed by atoms with Crippen LogP contribution in [0.3, 0.4) is 0 Å². The van der Waals surface area contributed by atoms with Crippen molar-refractivity contribution >= 4 is 5.90 Å². The minimum absolute atomic E-state index is 0.0408. The first-order valence-electron chi connectivity index (χ1n) is 6.35. The van der Waals surface area contributed by atoms with Crippen LogP contribution in [0.5, 0.6) is 0 Å². The topological polar surface area (TPSA) is 21.6 Å². The maximum absolute atomic E-state index is 5.88. The van der Waals surface area contributed by atoms with Crippen molar-refractivity contribution in [3.63, 3.8) is 0 Å². The highest BCUT2D eigenvalue weighted by atomic mass is 16.5. The average molecular weight is 225 g/mol. The van der Waals surface area contributed by atoms with E-state index >= 15 is 0 Å². The summed E-state index contributed by atoms with van der Waals surface area (Å²) in [5.41, 5.74) is 0.370. The molecule has 0 amide bonds. The van der Waals surface area contributed by atoms with Gasteiger partial charge in [-0.1, -0.05) is 27.7 Å². The molecule has 0 saturated carbocycles. The predicted octanol–water partition coefficient (Wildman–Crippen LogP) is 4.04. The molecule has 0 aromatic carbocycles. The number of aliphatic imine (C=N–C) groups is 1. The third kappa shape index (κ3) is 4.15. The molecule has 2 atom stereocenters. The van der Waals surface area contributed by atoms with Crippen molar-refractivity contribution in [2.24, 2.45) is 16.3 Å². The smallest absolute Gasteiger partial charge is 0.186 e.